The Morgan fingerprint density at radius 1 is 1.11 bits per heavy atom. The minimum Gasteiger partial charge on any atom is -0.481 e. The van der Waals surface area contributed by atoms with E-state index in [1.807, 2.05) is 0 Å². The van der Waals surface area contributed by atoms with Crippen molar-refractivity contribution in [1.29, 1.82) is 0 Å². The highest BCUT2D eigenvalue weighted by Crippen LogP contribution is 2.24. The maximum atomic E-state index is 13.6. The fourth-order valence-corrected chi connectivity index (χ4v) is 1.79. The van der Waals surface area contributed by atoms with Crippen LogP contribution in [0, 0.1) is 5.82 Å². The number of carboxylic acids is 1. The van der Waals surface area contributed by atoms with E-state index in [1.165, 1.54) is 6.07 Å². The third kappa shape index (κ3) is 2.40. The molecule has 0 amide bonds. The van der Waals surface area contributed by atoms with Gasteiger partial charge in [-0.15, -0.1) is 0 Å². The molecule has 0 heterocycles. The first-order chi connectivity index (χ1) is 8.59. The van der Waals surface area contributed by atoms with Crippen LogP contribution in [0.25, 0.3) is 11.1 Å². The molecule has 2 aromatic carbocycles. The minimum absolute atomic E-state index is 0.281. The minimum atomic E-state index is -0.867. The van der Waals surface area contributed by atoms with Gasteiger partial charge >= 0.3 is 5.97 Å². The fourth-order valence-electron chi connectivity index (χ4n) is 1.79. The summed E-state index contributed by atoms with van der Waals surface area (Å²) in [6.45, 7) is 1.63. The molecule has 0 aliphatic heterocycles. The Morgan fingerprint density at radius 3 is 2.28 bits per heavy atom. The van der Waals surface area contributed by atoms with Gasteiger partial charge in [0.25, 0.3) is 0 Å². The molecule has 1 unspecified atom stereocenters. The van der Waals surface area contributed by atoms with Crippen molar-refractivity contribution in [2.45, 2.75) is 12.8 Å². The molecule has 92 valence electrons. The lowest BCUT2D eigenvalue weighted by Crippen LogP contribution is -2.06. The van der Waals surface area contributed by atoms with Crippen molar-refractivity contribution in [3.8, 4) is 11.1 Å². The highest BCUT2D eigenvalue weighted by atomic mass is 19.1. The van der Waals surface area contributed by atoms with Crippen molar-refractivity contribution in [2.75, 3.05) is 0 Å². The lowest BCUT2D eigenvalue weighted by atomic mass is 9.97. The number of carbonyl (C=O) groups is 1. The van der Waals surface area contributed by atoms with Gasteiger partial charge in [-0.2, -0.15) is 0 Å². The van der Waals surface area contributed by atoms with Crippen LogP contribution in [0.4, 0.5) is 4.39 Å². The molecule has 1 N–H and O–H groups in total. The topological polar surface area (TPSA) is 37.3 Å². The Bertz CT molecular complexity index is 561. The summed E-state index contributed by atoms with van der Waals surface area (Å²) in [6, 6.07) is 13.4. The highest BCUT2D eigenvalue weighted by Gasteiger charge is 2.13. The molecular weight excluding hydrogens is 231 g/mol. The van der Waals surface area contributed by atoms with Crippen molar-refractivity contribution in [2.24, 2.45) is 0 Å². The molecule has 0 bridgehead atoms. The van der Waals surface area contributed by atoms with Crippen LogP contribution in [0.2, 0.25) is 0 Å². The van der Waals surface area contributed by atoms with Gasteiger partial charge < -0.3 is 5.11 Å². The zero-order chi connectivity index (χ0) is 13.1. The number of hydrogen-bond donors (Lipinski definition) is 1. The number of hydrogen-bond acceptors (Lipinski definition) is 1. The van der Waals surface area contributed by atoms with E-state index < -0.39 is 11.9 Å². The van der Waals surface area contributed by atoms with Crippen LogP contribution < -0.4 is 0 Å². The van der Waals surface area contributed by atoms with E-state index in [9.17, 15) is 9.18 Å². The molecule has 0 aliphatic rings. The van der Waals surface area contributed by atoms with Gasteiger partial charge in [0, 0.05) is 5.56 Å². The maximum Gasteiger partial charge on any atom is 0.310 e. The maximum absolute atomic E-state index is 13.6. The highest BCUT2D eigenvalue weighted by molar-refractivity contribution is 5.76. The Morgan fingerprint density at radius 2 is 1.72 bits per heavy atom. The largest absolute Gasteiger partial charge is 0.481 e. The molecular formula is C15H13FO2. The lowest BCUT2D eigenvalue weighted by molar-refractivity contribution is -0.138. The van der Waals surface area contributed by atoms with Crippen LogP contribution in [-0.2, 0) is 4.79 Å². The second kappa shape index (κ2) is 5.00. The molecule has 3 heteroatoms. The molecule has 2 rings (SSSR count). The summed E-state index contributed by atoms with van der Waals surface area (Å²) < 4.78 is 13.6. The number of aliphatic carboxylic acids is 1. The van der Waals surface area contributed by atoms with E-state index in [2.05, 4.69) is 0 Å². The molecule has 0 aromatic heterocycles. The van der Waals surface area contributed by atoms with Crippen molar-refractivity contribution in [3.05, 3.63) is 59.9 Å². The molecule has 0 aliphatic carbocycles. The quantitative estimate of drug-likeness (QED) is 0.894. The van der Waals surface area contributed by atoms with E-state index >= 15 is 0 Å². The Hall–Kier alpha value is -2.16. The first-order valence-electron chi connectivity index (χ1n) is 5.67. The fraction of sp³-hybridized carbons (Fsp3) is 0.133. The molecule has 0 radical (unpaired) electrons. The summed E-state index contributed by atoms with van der Waals surface area (Å²) in [5.74, 6) is -1.70. The standard InChI is InChI=1S/C15H13FO2/c1-10(15(17)18)11-6-8-12(9-7-11)13-4-2-3-5-14(13)16/h2-10H,1H3,(H,17,18). The van der Waals surface area contributed by atoms with Crippen LogP contribution >= 0.6 is 0 Å². The lowest BCUT2D eigenvalue weighted by Gasteiger charge is -2.08. The number of carboxylic acid groups (broad SMARTS) is 1. The summed E-state index contributed by atoms with van der Waals surface area (Å²) in [6.07, 6.45) is 0. The second-order valence-corrected chi connectivity index (χ2v) is 4.16. The molecule has 0 spiro atoms. The summed E-state index contributed by atoms with van der Waals surface area (Å²) >= 11 is 0. The molecule has 18 heavy (non-hydrogen) atoms. The average molecular weight is 244 g/mol. The summed E-state index contributed by atoms with van der Waals surface area (Å²) in [4.78, 5) is 10.8. The van der Waals surface area contributed by atoms with Crippen LogP contribution in [-0.4, -0.2) is 11.1 Å². The Labute approximate surface area is 105 Å². The first kappa shape index (κ1) is 12.3. The predicted octanol–water partition coefficient (Wildman–Crippen LogP) is 3.68. The second-order valence-electron chi connectivity index (χ2n) is 4.16. The van der Waals surface area contributed by atoms with Gasteiger partial charge in [0.05, 0.1) is 5.92 Å². The van der Waals surface area contributed by atoms with Crippen LogP contribution in [0.3, 0.4) is 0 Å². The molecule has 2 aromatic rings. The summed E-state index contributed by atoms with van der Waals surface area (Å²) in [7, 11) is 0. The first-order valence-corrected chi connectivity index (χ1v) is 5.67. The number of halogens is 1. The van der Waals surface area contributed by atoms with Crippen molar-refractivity contribution in [3.63, 3.8) is 0 Å². The Kier molecular flexibility index (Phi) is 3.42. The zero-order valence-corrected chi connectivity index (χ0v) is 9.93. The molecule has 1 atom stereocenters. The van der Waals surface area contributed by atoms with E-state index in [4.69, 9.17) is 5.11 Å². The van der Waals surface area contributed by atoms with Crippen LogP contribution in [0.1, 0.15) is 18.4 Å². The molecule has 2 nitrogen and oxygen atoms in total. The van der Waals surface area contributed by atoms with Crippen LogP contribution in [0.5, 0.6) is 0 Å². The third-order valence-electron chi connectivity index (χ3n) is 2.97. The number of rotatable bonds is 3. The van der Waals surface area contributed by atoms with Crippen LogP contribution in [0.15, 0.2) is 48.5 Å². The SMILES string of the molecule is CC(C(=O)O)c1ccc(-c2ccccc2F)cc1. The van der Waals surface area contributed by atoms with E-state index in [1.54, 1.807) is 49.4 Å². The van der Waals surface area contributed by atoms with Gasteiger partial charge in [-0.25, -0.2) is 4.39 Å². The third-order valence-corrected chi connectivity index (χ3v) is 2.97. The zero-order valence-electron chi connectivity index (χ0n) is 9.93. The van der Waals surface area contributed by atoms with Gasteiger partial charge in [-0.05, 0) is 24.1 Å². The predicted molar refractivity (Wildman–Crippen MR) is 67.9 cm³/mol. The van der Waals surface area contributed by atoms with Crippen molar-refractivity contribution >= 4 is 5.97 Å². The van der Waals surface area contributed by atoms with Gasteiger partial charge in [-0.3, -0.25) is 4.79 Å². The van der Waals surface area contributed by atoms with E-state index in [-0.39, 0.29) is 5.82 Å². The Balaban J connectivity index is 2.34. The van der Waals surface area contributed by atoms with Gasteiger partial charge in [0.2, 0.25) is 0 Å². The van der Waals surface area contributed by atoms with Crippen molar-refractivity contribution < 1.29 is 14.3 Å². The molecule has 0 saturated carbocycles. The molecule has 0 fully saturated rings. The summed E-state index contributed by atoms with van der Waals surface area (Å²) in [5, 5.41) is 8.91. The van der Waals surface area contributed by atoms with Gasteiger partial charge in [0.15, 0.2) is 0 Å². The number of benzene rings is 2. The van der Waals surface area contributed by atoms with Crippen molar-refractivity contribution in [1.82, 2.24) is 0 Å². The monoisotopic (exact) mass is 244 g/mol. The average Bonchev–Trinajstić information content (AvgIpc) is 2.38. The van der Waals surface area contributed by atoms with E-state index in [0.717, 1.165) is 5.56 Å². The molecule has 0 saturated heterocycles. The van der Waals surface area contributed by atoms with E-state index in [0.29, 0.717) is 11.1 Å². The van der Waals surface area contributed by atoms with Gasteiger partial charge in [0.1, 0.15) is 5.82 Å². The smallest absolute Gasteiger partial charge is 0.310 e. The normalized spacial score (nSPS) is 12.1. The summed E-state index contributed by atoms with van der Waals surface area (Å²) in [5.41, 5.74) is 1.98. The van der Waals surface area contributed by atoms with Gasteiger partial charge in [-0.1, -0.05) is 42.5 Å².